The number of carbonyl (C=O) groups excluding carboxylic acids is 1. The van der Waals surface area contributed by atoms with Gasteiger partial charge in [-0.15, -0.1) is 0 Å². The Labute approximate surface area is 106 Å². The summed E-state index contributed by atoms with van der Waals surface area (Å²) in [7, 11) is 0. The van der Waals surface area contributed by atoms with Crippen LogP contribution in [0.3, 0.4) is 0 Å². The fraction of sp³-hybridized carbons (Fsp3) is 0.462. The highest BCUT2D eigenvalue weighted by atomic mass is 35.5. The van der Waals surface area contributed by atoms with Gasteiger partial charge in [0.05, 0.1) is 5.56 Å². The number of nitrogen functional groups attached to an aromatic ring is 1. The van der Waals surface area contributed by atoms with Crippen molar-refractivity contribution in [2.45, 2.75) is 19.9 Å². The van der Waals surface area contributed by atoms with Crippen LogP contribution in [0.25, 0.3) is 0 Å². The van der Waals surface area contributed by atoms with Crippen LogP contribution in [0, 0.1) is 11.8 Å². The van der Waals surface area contributed by atoms with E-state index in [2.05, 4.69) is 6.92 Å². The molecule has 3 rings (SSSR count). The van der Waals surface area contributed by atoms with Gasteiger partial charge in [0.25, 0.3) is 5.91 Å². The van der Waals surface area contributed by atoms with Gasteiger partial charge in [0.15, 0.2) is 0 Å². The number of amides is 1. The summed E-state index contributed by atoms with van der Waals surface area (Å²) in [5, 5.41) is 0.607. The van der Waals surface area contributed by atoms with Crippen LogP contribution < -0.4 is 5.73 Å². The molecule has 0 saturated heterocycles. The summed E-state index contributed by atoms with van der Waals surface area (Å²) in [5.41, 5.74) is 7.99. The molecule has 0 spiro atoms. The molecular formula is C13H15ClN2O. The molecule has 2 aliphatic rings. The van der Waals surface area contributed by atoms with Crippen molar-refractivity contribution < 1.29 is 4.79 Å². The van der Waals surface area contributed by atoms with Crippen LogP contribution in [0.15, 0.2) is 12.1 Å². The van der Waals surface area contributed by atoms with Gasteiger partial charge in [-0.05, 0) is 36.0 Å². The van der Waals surface area contributed by atoms with Crippen molar-refractivity contribution in [1.29, 1.82) is 0 Å². The van der Waals surface area contributed by atoms with E-state index in [-0.39, 0.29) is 5.91 Å². The van der Waals surface area contributed by atoms with E-state index in [1.165, 1.54) is 6.42 Å². The summed E-state index contributed by atoms with van der Waals surface area (Å²) in [6.45, 7) is 3.73. The molecule has 0 bridgehead atoms. The third-order valence-electron chi connectivity index (χ3n) is 3.81. The predicted molar refractivity (Wildman–Crippen MR) is 67.9 cm³/mol. The number of nitrogens with two attached hydrogens (primary N) is 1. The molecule has 3 nitrogen and oxygen atoms in total. The van der Waals surface area contributed by atoms with E-state index in [1.54, 1.807) is 6.07 Å². The number of carbonyl (C=O) groups is 1. The first kappa shape index (κ1) is 10.9. The second-order valence-corrected chi connectivity index (χ2v) is 5.62. The Hall–Kier alpha value is -1.22. The van der Waals surface area contributed by atoms with Crippen molar-refractivity contribution in [1.82, 2.24) is 4.90 Å². The standard InChI is InChI=1S/C13H15ClN2O/c1-7-2-8(7)5-16-6-9-3-10(14)4-11(15)12(9)13(16)17/h3-4,7-8H,2,5-6,15H2,1H3. The zero-order valence-electron chi connectivity index (χ0n) is 9.74. The largest absolute Gasteiger partial charge is 0.398 e. The van der Waals surface area contributed by atoms with E-state index in [4.69, 9.17) is 17.3 Å². The number of anilines is 1. The average molecular weight is 251 g/mol. The fourth-order valence-corrected chi connectivity index (χ4v) is 2.84. The maximum atomic E-state index is 12.2. The maximum absolute atomic E-state index is 12.2. The quantitative estimate of drug-likeness (QED) is 0.820. The second kappa shape index (κ2) is 3.64. The van der Waals surface area contributed by atoms with Gasteiger partial charge in [0.2, 0.25) is 0 Å². The first-order chi connectivity index (χ1) is 8.06. The van der Waals surface area contributed by atoms with Crippen molar-refractivity contribution in [2.75, 3.05) is 12.3 Å². The molecule has 0 radical (unpaired) electrons. The molecule has 1 aliphatic carbocycles. The van der Waals surface area contributed by atoms with E-state index < -0.39 is 0 Å². The number of fused-ring (bicyclic) bond motifs is 1. The summed E-state index contributed by atoms with van der Waals surface area (Å²) in [6.07, 6.45) is 1.23. The normalized spacial score (nSPS) is 26.2. The van der Waals surface area contributed by atoms with Crippen LogP contribution in [-0.4, -0.2) is 17.4 Å². The lowest BCUT2D eigenvalue weighted by Gasteiger charge is -2.14. The summed E-state index contributed by atoms with van der Waals surface area (Å²) < 4.78 is 0. The first-order valence-electron chi connectivity index (χ1n) is 5.93. The molecule has 2 atom stereocenters. The maximum Gasteiger partial charge on any atom is 0.256 e. The highest BCUT2D eigenvalue weighted by molar-refractivity contribution is 6.31. The van der Waals surface area contributed by atoms with Gasteiger partial charge < -0.3 is 10.6 Å². The number of nitrogens with zero attached hydrogens (tertiary/aromatic N) is 1. The van der Waals surface area contributed by atoms with E-state index in [0.717, 1.165) is 18.0 Å². The van der Waals surface area contributed by atoms with Gasteiger partial charge >= 0.3 is 0 Å². The molecule has 1 aromatic rings. The van der Waals surface area contributed by atoms with E-state index in [0.29, 0.717) is 28.7 Å². The van der Waals surface area contributed by atoms with E-state index >= 15 is 0 Å². The minimum atomic E-state index is 0.0632. The first-order valence-corrected chi connectivity index (χ1v) is 6.31. The van der Waals surface area contributed by atoms with Gasteiger partial charge in [-0.25, -0.2) is 0 Å². The lowest BCUT2D eigenvalue weighted by atomic mass is 10.1. The Morgan fingerprint density at radius 1 is 1.53 bits per heavy atom. The van der Waals surface area contributed by atoms with Crippen molar-refractivity contribution in [2.24, 2.45) is 11.8 Å². The highest BCUT2D eigenvalue weighted by Crippen LogP contribution is 2.40. The minimum absolute atomic E-state index is 0.0632. The predicted octanol–water partition coefficient (Wildman–Crippen LogP) is 2.53. The van der Waals surface area contributed by atoms with Crippen LogP contribution in [0.2, 0.25) is 5.02 Å². The van der Waals surface area contributed by atoms with Gasteiger partial charge in [-0.3, -0.25) is 4.79 Å². The summed E-state index contributed by atoms with van der Waals surface area (Å²) in [4.78, 5) is 14.1. The number of hydrogen-bond donors (Lipinski definition) is 1. The highest BCUT2D eigenvalue weighted by Gasteiger charge is 2.38. The van der Waals surface area contributed by atoms with Crippen LogP contribution >= 0.6 is 11.6 Å². The molecular weight excluding hydrogens is 236 g/mol. The summed E-state index contributed by atoms with van der Waals surface area (Å²) in [5.74, 6) is 1.49. The van der Waals surface area contributed by atoms with Crippen molar-refractivity contribution in [3.8, 4) is 0 Å². The SMILES string of the molecule is CC1CC1CN1Cc2cc(Cl)cc(N)c2C1=O. The fourth-order valence-electron chi connectivity index (χ4n) is 2.59. The smallest absolute Gasteiger partial charge is 0.256 e. The van der Waals surface area contributed by atoms with Crippen LogP contribution in [0.1, 0.15) is 29.3 Å². The molecule has 1 amide bonds. The van der Waals surface area contributed by atoms with Crippen molar-refractivity contribution in [3.63, 3.8) is 0 Å². The Morgan fingerprint density at radius 3 is 2.88 bits per heavy atom. The molecule has 90 valence electrons. The molecule has 2 N–H and O–H groups in total. The average Bonchev–Trinajstić information content (AvgIpc) is 2.82. The number of hydrogen-bond acceptors (Lipinski definition) is 2. The molecule has 1 saturated carbocycles. The summed E-state index contributed by atoms with van der Waals surface area (Å²) in [6, 6.07) is 3.50. The molecule has 1 heterocycles. The molecule has 1 aromatic carbocycles. The Bertz CT molecular complexity index is 500. The minimum Gasteiger partial charge on any atom is -0.398 e. The molecule has 0 aromatic heterocycles. The number of benzene rings is 1. The molecule has 1 aliphatic heterocycles. The van der Waals surface area contributed by atoms with Crippen molar-refractivity contribution >= 4 is 23.2 Å². The third-order valence-corrected chi connectivity index (χ3v) is 4.03. The van der Waals surface area contributed by atoms with E-state index in [9.17, 15) is 4.79 Å². The van der Waals surface area contributed by atoms with Crippen molar-refractivity contribution in [3.05, 3.63) is 28.3 Å². The zero-order valence-corrected chi connectivity index (χ0v) is 10.5. The lowest BCUT2D eigenvalue weighted by molar-refractivity contribution is 0.0770. The molecule has 4 heteroatoms. The Balaban J connectivity index is 1.86. The lowest BCUT2D eigenvalue weighted by Crippen LogP contribution is -2.26. The topological polar surface area (TPSA) is 46.3 Å². The van der Waals surface area contributed by atoms with Gasteiger partial charge in [-0.1, -0.05) is 18.5 Å². The number of halogens is 1. The Kier molecular flexibility index (Phi) is 2.33. The van der Waals surface area contributed by atoms with Crippen LogP contribution in [0.4, 0.5) is 5.69 Å². The molecule has 17 heavy (non-hydrogen) atoms. The third kappa shape index (κ3) is 1.78. The van der Waals surface area contributed by atoms with Gasteiger partial charge in [0, 0.05) is 23.8 Å². The molecule has 2 unspecified atom stereocenters. The Morgan fingerprint density at radius 2 is 2.24 bits per heavy atom. The van der Waals surface area contributed by atoms with Crippen LogP contribution in [-0.2, 0) is 6.54 Å². The van der Waals surface area contributed by atoms with Gasteiger partial charge in [-0.2, -0.15) is 0 Å². The zero-order chi connectivity index (χ0) is 12.2. The summed E-state index contributed by atoms with van der Waals surface area (Å²) >= 11 is 5.96. The van der Waals surface area contributed by atoms with Crippen LogP contribution in [0.5, 0.6) is 0 Å². The van der Waals surface area contributed by atoms with E-state index in [1.807, 2.05) is 11.0 Å². The van der Waals surface area contributed by atoms with Gasteiger partial charge in [0.1, 0.15) is 0 Å². The molecule has 1 fully saturated rings. The monoisotopic (exact) mass is 250 g/mol. The second-order valence-electron chi connectivity index (χ2n) is 5.19. The number of rotatable bonds is 2.